The first-order chi connectivity index (χ1) is 11.3. The Bertz CT molecular complexity index is 742. The SMILES string of the molecule is Clc1ccc(OCc2ccccc2)c(OCc2ccccc2)c1. The summed E-state index contributed by atoms with van der Waals surface area (Å²) in [6, 6.07) is 25.5. The molecule has 0 aliphatic rings. The summed E-state index contributed by atoms with van der Waals surface area (Å²) >= 11 is 6.08. The van der Waals surface area contributed by atoms with Gasteiger partial charge in [-0.2, -0.15) is 0 Å². The second-order valence-corrected chi connectivity index (χ2v) is 5.58. The normalized spacial score (nSPS) is 10.3. The lowest BCUT2D eigenvalue weighted by Gasteiger charge is -2.13. The standard InChI is InChI=1S/C20H17ClO2/c21-18-11-12-19(22-14-16-7-3-1-4-8-16)20(13-18)23-15-17-9-5-2-6-10-17/h1-13H,14-15H2. The molecule has 0 amide bonds. The summed E-state index contributed by atoms with van der Waals surface area (Å²) in [6.45, 7) is 0.965. The molecule has 0 bridgehead atoms. The Morgan fingerprint density at radius 3 is 1.70 bits per heavy atom. The summed E-state index contributed by atoms with van der Waals surface area (Å²) < 4.78 is 11.8. The number of hydrogen-bond acceptors (Lipinski definition) is 2. The molecular weight excluding hydrogens is 308 g/mol. The van der Waals surface area contributed by atoms with Crippen molar-refractivity contribution >= 4 is 11.6 Å². The molecule has 3 rings (SSSR count). The van der Waals surface area contributed by atoms with Gasteiger partial charge in [-0.3, -0.25) is 0 Å². The molecule has 116 valence electrons. The zero-order valence-electron chi connectivity index (χ0n) is 12.6. The molecule has 0 saturated heterocycles. The number of halogens is 1. The second-order valence-electron chi connectivity index (χ2n) is 5.14. The van der Waals surface area contributed by atoms with Gasteiger partial charge in [-0.25, -0.2) is 0 Å². The van der Waals surface area contributed by atoms with E-state index in [1.807, 2.05) is 66.7 Å². The Kier molecular flexibility index (Phi) is 5.17. The van der Waals surface area contributed by atoms with Crippen LogP contribution in [0.2, 0.25) is 5.02 Å². The van der Waals surface area contributed by atoms with Crippen molar-refractivity contribution in [2.45, 2.75) is 13.2 Å². The molecule has 0 aliphatic heterocycles. The molecule has 0 aliphatic carbocycles. The third-order valence-corrected chi connectivity index (χ3v) is 3.62. The quantitative estimate of drug-likeness (QED) is 0.596. The van der Waals surface area contributed by atoms with E-state index in [2.05, 4.69) is 0 Å². The van der Waals surface area contributed by atoms with E-state index >= 15 is 0 Å². The van der Waals surface area contributed by atoms with Gasteiger partial charge < -0.3 is 9.47 Å². The zero-order valence-corrected chi connectivity index (χ0v) is 13.4. The van der Waals surface area contributed by atoms with Gasteiger partial charge in [0.2, 0.25) is 0 Å². The highest BCUT2D eigenvalue weighted by Crippen LogP contribution is 2.31. The van der Waals surface area contributed by atoms with E-state index in [9.17, 15) is 0 Å². The average molecular weight is 325 g/mol. The molecule has 0 spiro atoms. The summed E-state index contributed by atoms with van der Waals surface area (Å²) in [4.78, 5) is 0. The van der Waals surface area contributed by atoms with Crippen LogP contribution in [0.1, 0.15) is 11.1 Å². The van der Waals surface area contributed by atoms with Crippen molar-refractivity contribution in [3.05, 3.63) is 95.0 Å². The molecule has 0 aromatic heterocycles. The van der Waals surface area contributed by atoms with Gasteiger partial charge >= 0.3 is 0 Å². The van der Waals surface area contributed by atoms with Gasteiger partial charge in [-0.15, -0.1) is 0 Å². The smallest absolute Gasteiger partial charge is 0.163 e. The molecule has 0 atom stereocenters. The van der Waals surface area contributed by atoms with Crippen molar-refractivity contribution in [3.8, 4) is 11.5 Å². The first-order valence-corrected chi connectivity index (χ1v) is 7.82. The maximum Gasteiger partial charge on any atom is 0.163 e. The lowest BCUT2D eigenvalue weighted by Crippen LogP contribution is -2.00. The summed E-state index contributed by atoms with van der Waals surface area (Å²) in [7, 11) is 0. The van der Waals surface area contributed by atoms with E-state index in [1.165, 1.54) is 0 Å². The van der Waals surface area contributed by atoms with Crippen LogP contribution in [0.4, 0.5) is 0 Å². The second kappa shape index (κ2) is 7.70. The van der Waals surface area contributed by atoms with Crippen LogP contribution in [0, 0.1) is 0 Å². The number of rotatable bonds is 6. The van der Waals surface area contributed by atoms with Crippen molar-refractivity contribution in [1.29, 1.82) is 0 Å². The van der Waals surface area contributed by atoms with Crippen LogP contribution in [0.5, 0.6) is 11.5 Å². The summed E-state index contributed by atoms with van der Waals surface area (Å²) in [6.07, 6.45) is 0. The van der Waals surface area contributed by atoms with E-state index in [-0.39, 0.29) is 0 Å². The summed E-state index contributed by atoms with van der Waals surface area (Å²) in [5.41, 5.74) is 2.21. The minimum atomic E-state index is 0.475. The molecule has 0 saturated carbocycles. The van der Waals surface area contributed by atoms with Crippen LogP contribution < -0.4 is 9.47 Å². The highest BCUT2D eigenvalue weighted by atomic mass is 35.5. The van der Waals surface area contributed by atoms with Crippen LogP contribution in [0.3, 0.4) is 0 Å². The first kappa shape index (κ1) is 15.4. The van der Waals surface area contributed by atoms with Crippen LogP contribution in [-0.2, 0) is 13.2 Å². The number of benzene rings is 3. The molecule has 2 nitrogen and oxygen atoms in total. The maximum absolute atomic E-state index is 6.08. The lowest BCUT2D eigenvalue weighted by atomic mass is 10.2. The molecule has 0 unspecified atom stereocenters. The summed E-state index contributed by atoms with van der Waals surface area (Å²) in [5.74, 6) is 1.34. The Morgan fingerprint density at radius 2 is 1.13 bits per heavy atom. The van der Waals surface area contributed by atoms with Gasteiger partial charge in [0.05, 0.1) is 0 Å². The lowest BCUT2D eigenvalue weighted by molar-refractivity contribution is 0.256. The Morgan fingerprint density at radius 1 is 0.609 bits per heavy atom. The minimum Gasteiger partial charge on any atom is -0.485 e. The fourth-order valence-electron chi connectivity index (χ4n) is 2.18. The molecule has 0 radical (unpaired) electrons. The van der Waals surface area contributed by atoms with Gasteiger partial charge in [-0.05, 0) is 23.3 Å². The van der Waals surface area contributed by atoms with Crippen molar-refractivity contribution in [1.82, 2.24) is 0 Å². The van der Waals surface area contributed by atoms with Crippen molar-refractivity contribution < 1.29 is 9.47 Å². The highest BCUT2D eigenvalue weighted by molar-refractivity contribution is 6.30. The van der Waals surface area contributed by atoms with Crippen molar-refractivity contribution in [3.63, 3.8) is 0 Å². The summed E-state index contributed by atoms with van der Waals surface area (Å²) in [5, 5.41) is 0.625. The number of hydrogen-bond donors (Lipinski definition) is 0. The van der Waals surface area contributed by atoms with Gasteiger partial charge in [-0.1, -0.05) is 72.3 Å². The van der Waals surface area contributed by atoms with Crippen LogP contribution in [-0.4, -0.2) is 0 Å². The van der Waals surface area contributed by atoms with Gasteiger partial charge in [0.25, 0.3) is 0 Å². The Labute approximate surface area is 141 Å². The third-order valence-electron chi connectivity index (χ3n) is 3.38. The Balaban J connectivity index is 1.70. The highest BCUT2D eigenvalue weighted by Gasteiger charge is 2.07. The molecule has 3 aromatic carbocycles. The van der Waals surface area contributed by atoms with E-state index in [1.54, 1.807) is 12.1 Å². The largest absolute Gasteiger partial charge is 0.485 e. The molecule has 0 heterocycles. The van der Waals surface area contributed by atoms with E-state index in [0.717, 1.165) is 11.1 Å². The molecule has 3 heteroatoms. The average Bonchev–Trinajstić information content (AvgIpc) is 2.61. The molecule has 23 heavy (non-hydrogen) atoms. The predicted octanol–water partition coefficient (Wildman–Crippen LogP) is 5.50. The maximum atomic E-state index is 6.08. The van der Waals surface area contributed by atoms with Crippen LogP contribution in [0.15, 0.2) is 78.9 Å². The topological polar surface area (TPSA) is 18.5 Å². The predicted molar refractivity (Wildman–Crippen MR) is 93.0 cm³/mol. The fourth-order valence-corrected chi connectivity index (χ4v) is 2.35. The van der Waals surface area contributed by atoms with E-state index < -0.39 is 0 Å². The third kappa shape index (κ3) is 4.51. The van der Waals surface area contributed by atoms with Crippen LogP contribution in [0.25, 0.3) is 0 Å². The zero-order chi connectivity index (χ0) is 15.9. The molecule has 0 fully saturated rings. The van der Waals surface area contributed by atoms with Crippen LogP contribution >= 0.6 is 11.6 Å². The van der Waals surface area contributed by atoms with Gasteiger partial charge in [0, 0.05) is 11.1 Å². The molecular formula is C20H17ClO2. The fraction of sp³-hybridized carbons (Fsp3) is 0.100. The first-order valence-electron chi connectivity index (χ1n) is 7.44. The minimum absolute atomic E-state index is 0.475. The molecule has 0 N–H and O–H groups in total. The van der Waals surface area contributed by atoms with Gasteiger partial charge in [0.1, 0.15) is 13.2 Å². The van der Waals surface area contributed by atoms with Crippen molar-refractivity contribution in [2.75, 3.05) is 0 Å². The van der Waals surface area contributed by atoms with E-state index in [0.29, 0.717) is 29.7 Å². The monoisotopic (exact) mass is 324 g/mol. The van der Waals surface area contributed by atoms with E-state index in [4.69, 9.17) is 21.1 Å². The number of ether oxygens (including phenoxy) is 2. The van der Waals surface area contributed by atoms with Gasteiger partial charge in [0.15, 0.2) is 11.5 Å². The Hall–Kier alpha value is -2.45. The molecule has 3 aromatic rings. The van der Waals surface area contributed by atoms with Crippen molar-refractivity contribution in [2.24, 2.45) is 0 Å².